The highest BCUT2D eigenvalue weighted by Crippen LogP contribution is 2.30. The number of nitrogens with zero attached hydrogens (tertiary/aromatic N) is 6. The van der Waals surface area contributed by atoms with Crippen molar-refractivity contribution in [2.45, 2.75) is 6.92 Å². The van der Waals surface area contributed by atoms with Crippen LogP contribution in [0, 0.1) is 6.92 Å². The van der Waals surface area contributed by atoms with E-state index in [1.54, 1.807) is 22.2 Å². The fraction of sp³-hybridized carbons (Fsp3) is 0.273. The molecule has 1 fully saturated rings. The number of fused-ring (bicyclic) bond motifs is 1. The number of thiophene rings is 1. The van der Waals surface area contributed by atoms with Gasteiger partial charge in [0.2, 0.25) is 0 Å². The maximum Gasteiger partial charge on any atom is 0.254 e. The Morgan fingerprint density at radius 1 is 1.16 bits per heavy atom. The molecule has 5 heterocycles. The predicted molar refractivity (Wildman–Crippen MR) is 124 cm³/mol. The standard InChI is InChI=1S/C22H21ClN6OS/c1-14-20-16(12-17(18-4-3-11-31-18)25-21(20)27(2)26-14)22(30)29-9-7-28(8-10-29)19-6-5-15(23)13-24-19/h3-6,11-13H,7-10H2,1-2H3. The molecule has 0 N–H and O–H groups in total. The van der Waals surface area contributed by atoms with Gasteiger partial charge in [-0.3, -0.25) is 9.48 Å². The van der Waals surface area contributed by atoms with Crippen molar-refractivity contribution in [1.29, 1.82) is 0 Å². The van der Waals surface area contributed by atoms with Crippen LogP contribution in [-0.2, 0) is 7.05 Å². The molecule has 1 aliphatic heterocycles. The van der Waals surface area contributed by atoms with Crippen LogP contribution in [0.2, 0.25) is 5.02 Å². The van der Waals surface area contributed by atoms with Gasteiger partial charge in [-0.2, -0.15) is 5.10 Å². The fourth-order valence-electron chi connectivity index (χ4n) is 4.03. The number of amides is 1. The van der Waals surface area contributed by atoms with E-state index in [1.807, 2.05) is 54.6 Å². The molecule has 1 aliphatic rings. The Balaban J connectivity index is 1.45. The Kier molecular flexibility index (Phi) is 5.11. The highest BCUT2D eigenvalue weighted by molar-refractivity contribution is 7.13. The van der Waals surface area contributed by atoms with Crippen molar-refractivity contribution in [3.05, 3.63) is 58.2 Å². The molecule has 0 bridgehead atoms. The van der Waals surface area contributed by atoms with Crippen LogP contribution in [0.1, 0.15) is 16.1 Å². The van der Waals surface area contributed by atoms with Gasteiger partial charge in [0.1, 0.15) is 5.82 Å². The van der Waals surface area contributed by atoms with Crippen molar-refractivity contribution in [2.75, 3.05) is 31.1 Å². The van der Waals surface area contributed by atoms with Crippen LogP contribution in [0.3, 0.4) is 0 Å². The van der Waals surface area contributed by atoms with Gasteiger partial charge in [-0.05, 0) is 36.6 Å². The maximum atomic E-state index is 13.6. The highest BCUT2D eigenvalue weighted by atomic mass is 35.5. The zero-order chi connectivity index (χ0) is 21.5. The molecule has 1 saturated heterocycles. The summed E-state index contributed by atoms with van der Waals surface area (Å²) in [6.45, 7) is 4.62. The molecule has 0 aliphatic carbocycles. The molecule has 0 saturated carbocycles. The van der Waals surface area contributed by atoms with E-state index in [4.69, 9.17) is 16.6 Å². The zero-order valence-electron chi connectivity index (χ0n) is 17.2. The molecule has 158 valence electrons. The quantitative estimate of drug-likeness (QED) is 0.469. The molecule has 31 heavy (non-hydrogen) atoms. The van der Waals surface area contributed by atoms with Crippen molar-refractivity contribution in [2.24, 2.45) is 7.05 Å². The summed E-state index contributed by atoms with van der Waals surface area (Å²) in [4.78, 5) is 27.9. The molecule has 7 nitrogen and oxygen atoms in total. The van der Waals surface area contributed by atoms with Gasteiger partial charge < -0.3 is 9.80 Å². The van der Waals surface area contributed by atoms with Crippen LogP contribution in [-0.4, -0.2) is 56.7 Å². The Morgan fingerprint density at radius 2 is 1.97 bits per heavy atom. The molecule has 0 unspecified atom stereocenters. The summed E-state index contributed by atoms with van der Waals surface area (Å²) < 4.78 is 1.75. The lowest BCUT2D eigenvalue weighted by Gasteiger charge is -2.35. The number of hydrogen-bond donors (Lipinski definition) is 0. The maximum absolute atomic E-state index is 13.6. The molecule has 4 aromatic heterocycles. The van der Waals surface area contributed by atoms with E-state index in [0.29, 0.717) is 23.7 Å². The molecule has 0 radical (unpaired) electrons. The SMILES string of the molecule is Cc1nn(C)c2nc(-c3cccs3)cc(C(=O)N3CCN(c4ccc(Cl)cn4)CC3)c12. The number of pyridine rings is 2. The first-order valence-electron chi connectivity index (χ1n) is 10.1. The topological polar surface area (TPSA) is 67.2 Å². The monoisotopic (exact) mass is 452 g/mol. The van der Waals surface area contributed by atoms with Crippen molar-refractivity contribution < 1.29 is 4.79 Å². The molecule has 9 heteroatoms. The normalized spacial score (nSPS) is 14.4. The van der Waals surface area contributed by atoms with E-state index < -0.39 is 0 Å². The number of halogens is 1. The number of carbonyl (C=O) groups excluding carboxylic acids is 1. The molecule has 5 rings (SSSR count). The van der Waals surface area contributed by atoms with E-state index in [-0.39, 0.29) is 5.91 Å². The van der Waals surface area contributed by atoms with Gasteiger partial charge in [0, 0.05) is 39.4 Å². The average molecular weight is 453 g/mol. The minimum absolute atomic E-state index is 0.0185. The summed E-state index contributed by atoms with van der Waals surface area (Å²) in [5.74, 6) is 0.899. The van der Waals surface area contributed by atoms with Crippen LogP contribution in [0.4, 0.5) is 5.82 Å². The lowest BCUT2D eigenvalue weighted by Crippen LogP contribution is -2.49. The summed E-state index contributed by atoms with van der Waals surface area (Å²) >= 11 is 7.56. The Bertz CT molecular complexity index is 1240. The number of anilines is 1. The highest BCUT2D eigenvalue weighted by Gasteiger charge is 2.27. The Morgan fingerprint density at radius 3 is 2.65 bits per heavy atom. The third kappa shape index (κ3) is 3.66. The minimum Gasteiger partial charge on any atom is -0.353 e. The summed E-state index contributed by atoms with van der Waals surface area (Å²) in [7, 11) is 1.87. The lowest BCUT2D eigenvalue weighted by molar-refractivity contribution is 0.0748. The van der Waals surface area contributed by atoms with E-state index >= 15 is 0 Å². The first kappa shape index (κ1) is 20.0. The molecule has 0 aromatic carbocycles. The van der Waals surface area contributed by atoms with Crippen molar-refractivity contribution >= 4 is 45.7 Å². The van der Waals surface area contributed by atoms with Crippen molar-refractivity contribution in [1.82, 2.24) is 24.6 Å². The van der Waals surface area contributed by atoms with E-state index in [1.165, 1.54) is 0 Å². The third-order valence-electron chi connectivity index (χ3n) is 5.58. The predicted octanol–water partition coefficient (Wildman–Crippen LogP) is 4.02. The van der Waals surface area contributed by atoms with Gasteiger partial charge in [0.15, 0.2) is 5.65 Å². The van der Waals surface area contributed by atoms with Crippen LogP contribution < -0.4 is 4.90 Å². The first-order valence-corrected chi connectivity index (χ1v) is 11.3. The molecule has 1 amide bonds. The molecular weight excluding hydrogens is 432 g/mol. The summed E-state index contributed by atoms with van der Waals surface area (Å²) in [6.07, 6.45) is 1.65. The van der Waals surface area contributed by atoms with E-state index in [2.05, 4.69) is 15.0 Å². The van der Waals surface area contributed by atoms with Crippen LogP contribution in [0.15, 0.2) is 41.9 Å². The number of carbonyl (C=O) groups is 1. The molecular formula is C22H21ClN6OS. The summed E-state index contributed by atoms with van der Waals surface area (Å²) in [5.41, 5.74) is 3.01. The lowest BCUT2D eigenvalue weighted by atomic mass is 10.1. The second kappa shape index (κ2) is 7.94. The average Bonchev–Trinajstić information content (AvgIpc) is 3.42. The van der Waals surface area contributed by atoms with Crippen LogP contribution in [0.25, 0.3) is 21.6 Å². The molecule has 0 spiro atoms. The fourth-order valence-corrected chi connectivity index (χ4v) is 4.83. The summed E-state index contributed by atoms with van der Waals surface area (Å²) in [6, 6.07) is 9.68. The third-order valence-corrected chi connectivity index (χ3v) is 6.69. The smallest absolute Gasteiger partial charge is 0.254 e. The van der Waals surface area contributed by atoms with Crippen LogP contribution in [0.5, 0.6) is 0 Å². The van der Waals surface area contributed by atoms with Gasteiger partial charge in [0.25, 0.3) is 5.91 Å². The molecule has 4 aromatic rings. The van der Waals surface area contributed by atoms with Gasteiger partial charge in [-0.1, -0.05) is 17.7 Å². The largest absolute Gasteiger partial charge is 0.353 e. The van der Waals surface area contributed by atoms with Crippen LogP contribution >= 0.6 is 22.9 Å². The van der Waals surface area contributed by atoms with Gasteiger partial charge >= 0.3 is 0 Å². The minimum atomic E-state index is 0.0185. The second-order valence-electron chi connectivity index (χ2n) is 7.55. The van der Waals surface area contributed by atoms with Gasteiger partial charge in [0.05, 0.1) is 32.2 Å². The van der Waals surface area contributed by atoms with Gasteiger partial charge in [-0.15, -0.1) is 11.3 Å². The molecule has 0 atom stereocenters. The number of aryl methyl sites for hydroxylation is 2. The van der Waals surface area contributed by atoms with E-state index in [0.717, 1.165) is 46.2 Å². The van der Waals surface area contributed by atoms with Gasteiger partial charge in [-0.25, -0.2) is 9.97 Å². The Hall–Kier alpha value is -2.97. The van der Waals surface area contributed by atoms with E-state index in [9.17, 15) is 4.79 Å². The number of aromatic nitrogens is 4. The first-order chi connectivity index (χ1) is 15.0. The van der Waals surface area contributed by atoms with Crippen molar-refractivity contribution in [3.63, 3.8) is 0 Å². The van der Waals surface area contributed by atoms with Crippen molar-refractivity contribution in [3.8, 4) is 10.6 Å². The number of hydrogen-bond acceptors (Lipinski definition) is 6. The Labute approximate surface area is 188 Å². The number of piperazine rings is 1. The zero-order valence-corrected chi connectivity index (χ0v) is 18.8. The second-order valence-corrected chi connectivity index (χ2v) is 8.94. The summed E-state index contributed by atoms with van der Waals surface area (Å²) in [5, 5.41) is 7.98. The number of rotatable bonds is 3.